The van der Waals surface area contributed by atoms with E-state index in [9.17, 15) is 0 Å². The molecule has 0 saturated carbocycles. The minimum atomic E-state index is 0.381. The molecule has 244 valence electrons. The maximum Gasteiger partial charge on any atom is 0.241 e. The van der Waals surface area contributed by atoms with Gasteiger partial charge in [-0.15, -0.1) is 0 Å². The summed E-state index contributed by atoms with van der Waals surface area (Å²) in [5.41, 5.74) is 8.84. The van der Waals surface area contributed by atoms with E-state index in [1.807, 2.05) is 126 Å². The van der Waals surface area contributed by atoms with Gasteiger partial charge in [0.15, 0.2) is 23.3 Å². The van der Waals surface area contributed by atoms with Crippen LogP contribution in [0, 0.1) is 13.8 Å². The molecule has 2 aromatic heterocycles. The summed E-state index contributed by atoms with van der Waals surface area (Å²) in [5, 5.41) is 0. The van der Waals surface area contributed by atoms with Crippen molar-refractivity contribution in [3.05, 3.63) is 175 Å². The van der Waals surface area contributed by atoms with Gasteiger partial charge in [-0.25, -0.2) is 14.9 Å². The third-order valence-corrected chi connectivity index (χ3v) is 8.69. The van der Waals surface area contributed by atoms with Gasteiger partial charge in [-0.3, -0.25) is 0 Å². The quantitative estimate of drug-likeness (QED) is 0.161. The molecule has 7 nitrogen and oxygen atoms in total. The largest absolute Gasteiger partial charge is 0.246 e. The molecule has 0 N–H and O–H groups in total. The third-order valence-electron chi connectivity index (χ3n) is 8.69. The van der Waals surface area contributed by atoms with Crippen LogP contribution < -0.4 is 4.90 Å². The molecule has 0 unspecified atom stereocenters. The van der Waals surface area contributed by atoms with Crippen LogP contribution >= 0.6 is 0 Å². The van der Waals surface area contributed by atoms with E-state index >= 15 is 0 Å². The Labute approximate surface area is 297 Å². The highest BCUT2D eigenvalue weighted by Crippen LogP contribution is 2.38. The van der Waals surface area contributed by atoms with Crippen LogP contribution in [0.25, 0.3) is 56.7 Å². The highest BCUT2D eigenvalue weighted by molar-refractivity contribution is 5.80. The minimum absolute atomic E-state index is 0.381. The fraction of sp³-hybridized carbons (Fsp3) is 0.0455. The predicted molar refractivity (Wildman–Crippen MR) is 205 cm³/mol. The SMILES string of the molecule is Cc1ccccc1-c1cc(N(c2nc(-c3ccccc3)nc(-c3ccccc3)n2)c2nc(-c3ccccc3)nc(-c3ccccc3)n2)ccc1C. The van der Waals surface area contributed by atoms with Gasteiger partial charge in [0, 0.05) is 22.3 Å². The van der Waals surface area contributed by atoms with E-state index in [1.54, 1.807) is 0 Å². The standard InChI is InChI=1S/C44H33N7/c1-30-17-15-16-26-37(30)38-29-36(28-27-31(38)2)51(43-47-39(32-18-7-3-8-19-32)45-40(48-43)33-20-9-4-10-21-33)44-49-41(34-22-11-5-12-23-34)46-42(50-44)35-24-13-6-14-25-35/h3-29H,1-2H3. The van der Waals surface area contributed by atoms with Crippen molar-refractivity contribution in [3.8, 4) is 56.7 Å². The van der Waals surface area contributed by atoms with E-state index in [0.29, 0.717) is 35.2 Å². The summed E-state index contributed by atoms with van der Waals surface area (Å²) in [6, 6.07) is 54.6. The van der Waals surface area contributed by atoms with Crippen molar-refractivity contribution in [2.75, 3.05) is 4.90 Å². The lowest BCUT2D eigenvalue weighted by Crippen LogP contribution is -2.19. The first kappa shape index (κ1) is 31.4. The van der Waals surface area contributed by atoms with Crippen LogP contribution in [0.2, 0.25) is 0 Å². The fourth-order valence-electron chi connectivity index (χ4n) is 6.03. The second-order valence-electron chi connectivity index (χ2n) is 12.2. The molecule has 51 heavy (non-hydrogen) atoms. The van der Waals surface area contributed by atoms with Gasteiger partial charge in [0.25, 0.3) is 0 Å². The van der Waals surface area contributed by atoms with Crippen molar-refractivity contribution in [2.45, 2.75) is 13.8 Å². The molecule has 0 atom stereocenters. The van der Waals surface area contributed by atoms with Gasteiger partial charge < -0.3 is 0 Å². The minimum Gasteiger partial charge on any atom is -0.246 e. The summed E-state index contributed by atoms with van der Waals surface area (Å²) >= 11 is 0. The van der Waals surface area contributed by atoms with Crippen molar-refractivity contribution in [2.24, 2.45) is 0 Å². The molecule has 0 aliphatic heterocycles. The van der Waals surface area contributed by atoms with Gasteiger partial charge >= 0.3 is 0 Å². The Morgan fingerprint density at radius 3 is 1.08 bits per heavy atom. The molecule has 2 heterocycles. The summed E-state index contributed by atoms with van der Waals surface area (Å²) in [6.07, 6.45) is 0. The Hall–Kier alpha value is -6.86. The van der Waals surface area contributed by atoms with Gasteiger partial charge in [-0.05, 0) is 48.2 Å². The lowest BCUT2D eigenvalue weighted by atomic mass is 9.96. The number of benzene rings is 6. The Kier molecular flexibility index (Phi) is 8.58. The second kappa shape index (κ2) is 13.9. The lowest BCUT2D eigenvalue weighted by molar-refractivity contribution is 0.964. The first-order valence-electron chi connectivity index (χ1n) is 16.8. The summed E-state index contributed by atoms with van der Waals surface area (Å²) < 4.78 is 0. The van der Waals surface area contributed by atoms with Crippen molar-refractivity contribution in [1.29, 1.82) is 0 Å². The van der Waals surface area contributed by atoms with E-state index in [-0.39, 0.29) is 0 Å². The molecule has 0 aliphatic carbocycles. The van der Waals surface area contributed by atoms with E-state index < -0.39 is 0 Å². The van der Waals surface area contributed by atoms with Crippen LogP contribution in [0.1, 0.15) is 11.1 Å². The van der Waals surface area contributed by atoms with E-state index in [0.717, 1.165) is 44.6 Å². The Morgan fingerprint density at radius 2 is 0.686 bits per heavy atom. The van der Waals surface area contributed by atoms with Crippen LogP contribution in [0.4, 0.5) is 17.6 Å². The molecule has 0 amide bonds. The molecule has 0 bridgehead atoms. The second-order valence-corrected chi connectivity index (χ2v) is 12.2. The summed E-state index contributed by atoms with van der Waals surface area (Å²) in [6.45, 7) is 4.26. The van der Waals surface area contributed by atoms with Gasteiger partial charge in [-0.1, -0.05) is 152 Å². The zero-order valence-corrected chi connectivity index (χ0v) is 28.2. The average molecular weight is 660 g/mol. The van der Waals surface area contributed by atoms with E-state index in [1.165, 1.54) is 5.56 Å². The Morgan fingerprint density at radius 1 is 0.333 bits per heavy atom. The molecule has 0 spiro atoms. The molecule has 0 saturated heterocycles. The zero-order chi connectivity index (χ0) is 34.6. The van der Waals surface area contributed by atoms with Crippen molar-refractivity contribution < 1.29 is 0 Å². The normalized spacial score (nSPS) is 10.9. The number of aryl methyl sites for hydroxylation is 2. The predicted octanol–water partition coefficient (Wildman–Crippen LogP) is 10.5. The molecule has 0 aliphatic rings. The van der Waals surface area contributed by atoms with Crippen LogP contribution in [-0.2, 0) is 0 Å². The maximum atomic E-state index is 5.13. The topological polar surface area (TPSA) is 80.6 Å². The van der Waals surface area contributed by atoms with Crippen LogP contribution in [-0.4, -0.2) is 29.9 Å². The average Bonchev–Trinajstić information content (AvgIpc) is 3.20. The zero-order valence-electron chi connectivity index (χ0n) is 28.2. The lowest BCUT2D eigenvalue weighted by Gasteiger charge is -2.24. The Bertz CT molecular complexity index is 2190. The number of aromatic nitrogens is 6. The van der Waals surface area contributed by atoms with Crippen molar-refractivity contribution in [3.63, 3.8) is 0 Å². The molecule has 6 aromatic carbocycles. The number of nitrogens with zero attached hydrogens (tertiary/aromatic N) is 7. The molecule has 0 radical (unpaired) electrons. The monoisotopic (exact) mass is 659 g/mol. The van der Waals surface area contributed by atoms with E-state index in [4.69, 9.17) is 29.9 Å². The first-order valence-corrected chi connectivity index (χ1v) is 16.8. The molecular weight excluding hydrogens is 627 g/mol. The first-order chi connectivity index (χ1) is 25.1. The fourth-order valence-corrected chi connectivity index (χ4v) is 6.03. The van der Waals surface area contributed by atoms with Gasteiger partial charge in [0.1, 0.15) is 0 Å². The summed E-state index contributed by atoms with van der Waals surface area (Å²) in [7, 11) is 0. The number of hydrogen-bond donors (Lipinski definition) is 0. The number of rotatable bonds is 8. The molecule has 7 heteroatoms. The van der Waals surface area contributed by atoms with Gasteiger partial charge in [0.05, 0.1) is 5.69 Å². The highest BCUT2D eigenvalue weighted by Gasteiger charge is 2.25. The molecule has 8 rings (SSSR count). The molecular formula is C44H33N7. The molecule has 0 fully saturated rings. The maximum absolute atomic E-state index is 5.13. The summed E-state index contributed by atoms with van der Waals surface area (Å²) in [4.78, 5) is 32.4. The van der Waals surface area contributed by atoms with Crippen molar-refractivity contribution >= 4 is 17.6 Å². The highest BCUT2D eigenvalue weighted by atomic mass is 15.4. The number of hydrogen-bond acceptors (Lipinski definition) is 7. The number of anilines is 3. The van der Waals surface area contributed by atoms with Crippen LogP contribution in [0.3, 0.4) is 0 Å². The Balaban J connectivity index is 1.43. The smallest absolute Gasteiger partial charge is 0.241 e. The van der Waals surface area contributed by atoms with Gasteiger partial charge in [-0.2, -0.15) is 19.9 Å². The van der Waals surface area contributed by atoms with E-state index in [2.05, 4.69) is 56.3 Å². The summed E-state index contributed by atoms with van der Waals surface area (Å²) in [5.74, 6) is 2.92. The van der Waals surface area contributed by atoms with Crippen molar-refractivity contribution in [1.82, 2.24) is 29.9 Å². The van der Waals surface area contributed by atoms with Crippen LogP contribution in [0.15, 0.2) is 164 Å². The molecule has 8 aromatic rings. The van der Waals surface area contributed by atoms with Gasteiger partial charge in [0.2, 0.25) is 11.9 Å². The van der Waals surface area contributed by atoms with Crippen LogP contribution in [0.5, 0.6) is 0 Å². The third kappa shape index (κ3) is 6.60.